The second-order valence-corrected chi connectivity index (χ2v) is 8.74. The predicted octanol–water partition coefficient (Wildman–Crippen LogP) is 5.50. The molecule has 21 heavy (non-hydrogen) atoms. The molecule has 1 heteroatoms. The Morgan fingerprint density at radius 2 is 2.05 bits per heavy atom. The number of hydrogen-bond donors (Lipinski definition) is 1. The van der Waals surface area contributed by atoms with Crippen molar-refractivity contribution < 1.29 is 5.11 Å². The molecule has 0 aromatic heterocycles. The fourth-order valence-electron chi connectivity index (χ4n) is 5.23. The van der Waals surface area contributed by atoms with Crippen molar-refractivity contribution in [3.05, 3.63) is 24.3 Å². The molecule has 0 amide bonds. The highest BCUT2D eigenvalue weighted by Crippen LogP contribution is 2.60. The molecule has 0 heterocycles. The zero-order chi connectivity index (χ0) is 15.9. The number of fused-ring (bicyclic) bond motifs is 1. The third kappa shape index (κ3) is 3.13. The first-order valence-electron chi connectivity index (χ1n) is 8.65. The Morgan fingerprint density at radius 3 is 2.67 bits per heavy atom. The summed E-state index contributed by atoms with van der Waals surface area (Å²) in [4.78, 5) is 0. The van der Waals surface area contributed by atoms with Crippen LogP contribution in [0.4, 0.5) is 0 Å². The van der Waals surface area contributed by atoms with Crippen molar-refractivity contribution in [1.82, 2.24) is 0 Å². The van der Waals surface area contributed by atoms with Crippen LogP contribution in [0.2, 0.25) is 0 Å². The van der Waals surface area contributed by atoms with Gasteiger partial charge >= 0.3 is 0 Å². The summed E-state index contributed by atoms with van der Waals surface area (Å²) in [5, 5.41) is 10.3. The van der Waals surface area contributed by atoms with Gasteiger partial charge in [-0.25, -0.2) is 0 Å². The third-order valence-corrected chi connectivity index (χ3v) is 6.68. The smallest absolute Gasteiger partial charge is 0.0797 e. The fraction of sp³-hybridized carbons (Fsp3) is 0.800. The van der Waals surface area contributed by atoms with Crippen molar-refractivity contribution >= 4 is 0 Å². The van der Waals surface area contributed by atoms with Crippen LogP contribution < -0.4 is 0 Å². The van der Waals surface area contributed by atoms with E-state index in [9.17, 15) is 5.11 Å². The van der Waals surface area contributed by atoms with Crippen molar-refractivity contribution in [2.75, 3.05) is 0 Å². The van der Waals surface area contributed by atoms with Gasteiger partial charge in [0.25, 0.3) is 0 Å². The summed E-state index contributed by atoms with van der Waals surface area (Å²) in [5.74, 6) is 1.39. The molecule has 0 aromatic carbocycles. The van der Waals surface area contributed by atoms with Crippen molar-refractivity contribution in [2.45, 2.75) is 78.7 Å². The maximum Gasteiger partial charge on any atom is 0.0797 e. The summed E-state index contributed by atoms with van der Waals surface area (Å²) >= 11 is 0. The summed E-state index contributed by atoms with van der Waals surface area (Å²) in [6, 6.07) is 0. The van der Waals surface area contributed by atoms with Crippen molar-refractivity contribution in [3.63, 3.8) is 0 Å². The molecule has 2 rings (SSSR count). The summed E-state index contributed by atoms with van der Waals surface area (Å²) in [6.07, 6.45) is 11.3. The Hall–Kier alpha value is -0.560. The Balaban J connectivity index is 2.24. The molecule has 0 aromatic rings. The van der Waals surface area contributed by atoms with E-state index in [2.05, 4.69) is 40.3 Å². The molecule has 1 fully saturated rings. The second kappa shape index (κ2) is 5.57. The monoisotopic (exact) mass is 290 g/mol. The predicted molar refractivity (Wildman–Crippen MR) is 91.1 cm³/mol. The standard InChI is InChI=1S/C20H34O/c1-7-19(5,21)14-11-16-15(2)9-10-17-18(3,4)12-8-13-20(16,17)6/h7,9,16-17,21H,1,8,10-14H2,2-6H3/t16-,17+,19-,20-/m1/s1. The minimum Gasteiger partial charge on any atom is -0.386 e. The van der Waals surface area contributed by atoms with E-state index in [0.29, 0.717) is 16.7 Å². The maximum absolute atomic E-state index is 10.3. The third-order valence-electron chi connectivity index (χ3n) is 6.68. The molecule has 2 aliphatic carbocycles. The zero-order valence-corrected chi connectivity index (χ0v) is 14.7. The van der Waals surface area contributed by atoms with Crippen LogP contribution in [-0.4, -0.2) is 10.7 Å². The van der Waals surface area contributed by atoms with Gasteiger partial charge in [-0.3, -0.25) is 0 Å². The van der Waals surface area contributed by atoms with Crippen LogP contribution in [0, 0.1) is 22.7 Å². The normalized spacial score (nSPS) is 38.1. The van der Waals surface area contributed by atoms with Gasteiger partial charge in [-0.1, -0.05) is 44.9 Å². The van der Waals surface area contributed by atoms with Gasteiger partial charge in [0.2, 0.25) is 0 Å². The van der Waals surface area contributed by atoms with Crippen LogP contribution in [0.25, 0.3) is 0 Å². The van der Waals surface area contributed by atoms with Gasteiger partial charge in [0.05, 0.1) is 5.60 Å². The first-order chi connectivity index (χ1) is 9.62. The van der Waals surface area contributed by atoms with Crippen molar-refractivity contribution in [2.24, 2.45) is 22.7 Å². The molecule has 120 valence electrons. The summed E-state index contributed by atoms with van der Waals surface area (Å²) < 4.78 is 0. The van der Waals surface area contributed by atoms with Gasteiger partial charge < -0.3 is 5.11 Å². The van der Waals surface area contributed by atoms with E-state index in [4.69, 9.17) is 0 Å². The maximum atomic E-state index is 10.3. The first-order valence-corrected chi connectivity index (χ1v) is 8.65. The van der Waals surface area contributed by atoms with Crippen molar-refractivity contribution in [1.29, 1.82) is 0 Å². The summed E-state index contributed by atoms with van der Waals surface area (Å²) in [7, 11) is 0. The molecule has 0 aliphatic heterocycles. The SMILES string of the molecule is C=C[C@@](C)(O)CC[C@@H]1C(C)=CC[C@H]2C(C)(C)CCC[C@]12C. The highest BCUT2D eigenvalue weighted by molar-refractivity contribution is 5.18. The fourth-order valence-corrected chi connectivity index (χ4v) is 5.23. The van der Waals surface area contributed by atoms with E-state index < -0.39 is 5.60 Å². The van der Waals surface area contributed by atoms with E-state index in [1.807, 2.05) is 6.92 Å². The highest BCUT2D eigenvalue weighted by atomic mass is 16.3. The lowest BCUT2D eigenvalue weighted by Gasteiger charge is -2.57. The lowest BCUT2D eigenvalue weighted by molar-refractivity contribution is -0.0440. The van der Waals surface area contributed by atoms with E-state index in [1.54, 1.807) is 11.6 Å². The average molecular weight is 290 g/mol. The lowest BCUT2D eigenvalue weighted by atomic mass is 9.48. The van der Waals surface area contributed by atoms with Crippen LogP contribution in [0.5, 0.6) is 0 Å². The summed E-state index contributed by atoms with van der Waals surface area (Å²) in [6.45, 7) is 15.4. The molecule has 0 spiro atoms. The Bertz CT molecular complexity index is 429. The lowest BCUT2D eigenvalue weighted by Crippen LogP contribution is -2.48. The van der Waals surface area contributed by atoms with E-state index >= 15 is 0 Å². The number of hydrogen-bond acceptors (Lipinski definition) is 1. The van der Waals surface area contributed by atoms with Crippen LogP contribution in [0.3, 0.4) is 0 Å². The van der Waals surface area contributed by atoms with E-state index in [0.717, 1.165) is 18.8 Å². The van der Waals surface area contributed by atoms with Crippen LogP contribution >= 0.6 is 0 Å². The Kier molecular flexibility index (Phi) is 4.46. The topological polar surface area (TPSA) is 20.2 Å². The Labute approximate surface area is 131 Å². The van der Waals surface area contributed by atoms with Crippen LogP contribution in [0.1, 0.15) is 73.1 Å². The molecule has 0 radical (unpaired) electrons. The van der Waals surface area contributed by atoms with Crippen LogP contribution in [0.15, 0.2) is 24.3 Å². The number of rotatable bonds is 4. The first kappa shape index (κ1) is 16.8. The van der Waals surface area contributed by atoms with Crippen LogP contribution in [-0.2, 0) is 0 Å². The molecule has 1 nitrogen and oxygen atoms in total. The Morgan fingerprint density at radius 1 is 1.38 bits per heavy atom. The molecule has 1 N–H and O–H groups in total. The van der Waals surface area contributed by atoms with Gasteiger partial charge in [-0.2, -0.15) is 0 Å². The van der Waals surface area contributed by atoms with Gasteiger partial charge in [-0.15, -0.1) is 6.58 Å². The van der Waals surface area contributed by atoms with Gasteiger partial charge in [0.15, 0.2) is 0 Å². The van der Waals surface area contributed by atoms with E-state index in [1.165, 1.54) is 25.7 Å². The highest BCUT2D eigenvalue weighted by Gasteiger charge is 2.51. The molecule has 0 unspecified atom stereocenters. The van der Waals surface area contributed by atoms with Gasteiger partial charge in [0, 0.05) is 0 Å². The quantitative estimate of drug-likeness (QED) is 0.678. The largest absolute Gasteiger partial charge is 0.386 e. The minimum absolute atomic E-state index is 0.401. The molecular weight excluding hydrogens is 256 g/mol. The molecule has 4 atom stereocenters. The molecular formula is C20H34O. The second-order valence-electron chi connectivity index (χ2n) is 8.74. The zero-order valence-electron chi connectivity index (χ0n) is 14.7. The minimum atomic E-state index is -0.728. The molecule has 0 saturated heterocycles. The number of aliphatic hydroxyl groups is 1. The summed E-state index contributed by atoms with van der Waals surface area (Å²) in [5.41, 5.74) is 1.67. The molecule has 0 bridgehead atoms. The molecule has 2 aliphatic rings. The molecule has 1 saturated carbocycles. The van der Waals surface area contributed by atoms with E-state index in [-0.39, 0.29) is 0 Å². The van der Waals surface area contributed by atoms with Gasteiger partial charge in [0.1, 0.15) is 0 Å². The van der Waals surface area contributed by atoms with Gasteiger partial charge in [-0.05, 0) is 68.6 Å². The number of allylic oxidation sites excluding steroid dienone is 2. The van der Waals surface area contributed by atoms with Crippen molar-refractivity contribution in [3.8, 4) is 0 Å². The average Bonchev–Trinajstić information content (AvgIpc) is 2.36.